The second-order valence-electron chi connectivity index (χ2n) is 5.23. The third-order valence-electron chi connectivity index (χ3n) is 3.77. The van der Waals surface area contributed by atoms with Crippen LogP contribution < -0.4 is 5.32 Å². The van der Waals surface area contributed by atoms with E-state index < -0.39 is 6.10 Å². The van der Waals surface area contributed by atoms with Crippen LogP contribution in [0.1, 0.15) is 39.6 Å². The molecule has 1 heterocycles. The summed E-state index contributed by atoms with van der Waals surface area (Å²) in [6.07, 6.45) is 1.15. The zero-order valence-electron chi connectivity index (χ0n) is 11.5. The first-order chi connectivity index (χ1) is 10.1. The molecule has 0 bridgehead atoms. The molecule has 0 spiro atoms. The lowest BCUT2D eigenvalue weighted by Crippen LogP contribution is -2.22. The van der Waals surface area contributed by atoms with Crippen molar-refractivity contribution < 1.29 is 9.90 Å². The highest BCUT2D eigenvalue weighted by molar-refractivity contribution is 14.1. The maximum atomic E-state index is 12.1. The monoisotopic (exact) mass is 393 g/mol. The van der Waals surface area contributed by atoms with E-state index in [4.69, 9.17) is 0 Å². The first-order valence-corrected chi connectivity index (χ1v) is 8.07. The topological polar surface area (TPSA) is 49.3 Å². The van der Waals surface area contributed by atoms with Crippen LogP contribution >= 0.6 is 22.6 Å². The number of aliphatic hydroxyl groups excluding tert-OH is 1. The van der Waals surface area contributed by atoms with Crippen LogP contribution in [0.2, 0.25) is 0 Å². The van der Waals surface area contributed by atoms with Crippen molar-refractivity contribution in [2.45, 2.75) is 18.9 Å². The lowest BCUT2D eigenvalue weighted by molar-refractivity contribution is 0.0956. The van der Waals surface area contributed by atoms with Gasteiger partial charge in [-0.3, -0.25) is 4.79 Å². The SMILES string of the molecule is O=C1NCCCc2ccc(C(O)c3cccc(I)c3)cc21. The second-order valence-corrected chi connectivity index (χ2v) is 6.48. The van der Waals surface area contributed by atoms with Crippen molar-refractivity contribution in [1.82, 2.24) is 5.32 Å². The molecule has 0 fully saturated rings. The lowest BCUT2D eigenvalue weighted by Gasteiger charge is -2.14. The zero-order chi connectivity index (χ0) is 14.8. The standard InChI is InChI=1S/C17H16INO2/c18-14-5-1-3-12(9-14)16(20)13-7-6-11-4-2-8-19-17(21)15(11)10-13/h1,3,5-7,9-10,16,20H,2,4,8H2,(H,19,21). The highest BCUT2D eigenvalue weighted by Crippen LogP contribution is 2.26. The van der Waals surface area contributed by atoms with Gasteiger partial charge in [0.2, 0.25) is 0 Å². The van der Waals surface area contributed by atoms with Crippen molar-refractivity contribution in [3.63, 3.8) is 0 Å². The van der Waals surface area contributed by atoms with Gasteiger partial charge in [-0.2, -0.15) is 0 Å². The molecule has 2 aromatic rings. The number of halogens is 1. The minimum atomic E-state index is -0.707. The van der Waals surface area contributed by atoms with E-state index in [0.717, 1.165) is 33.1 Å². The number of hydrogen-bond donors (Lipinski definition) is 2. The number of hydrogen-bond acceptors (Lipinski definition) is 2. The van der Waals surface area contributed by atoms with Crippen LogP contribution in [0.25, 0.3) is 0 Å². The first-order valence-electron chi connectivity index (χ1n) is 7.00. The zero-order valence-corrected chi connectivity index (χ0v) is 13.6. The largest absolute Gasteiger partial charge is 0.384 e. The summed E-state index contributed by atoms with van der Waals surface area (Å²) in [5.41, 5.74) is 3.35. The number of amides is 1. The van der Waals surface area contributed by atoms with Crippen LogP contribution in [-0.2, 0) is 6.42 Å². The van der Waals surface area contributed by atoms with E-state index >= 15 is 0 Å². The van der Waals surface area contributed by atoms with Crippen LogP contribution in [0.5, 0.6) is 0 Å². The average molecular weight is 393 g/mol. The average Bonchev–Trinajstić information content (AvgIpc) is 2.68. The van der Waals surface area contributed by atoms with Crippen LogP contribution in [0.15, 0.2) is 42.5 Å². The molecule has 0 saturated carbocycles. The van der Waals surface area contributed by atoms with Crippen LogP contribution in [-0.4, -0.2) is 17.6 Å². The molecule has 3 nitrogen and oxygen atoms in total. The van der Waals surface area contributed by atoms with Gasteiger partial charge in [0.05, 0.1) is 0 Å². The molecule has 2 N–H and O–H groups in total. The summed E-state index contributed by atoms with van der Waals surface area (Å²) in [6.45, 7) is 0.711. The third-order valence-corrected chi connectivity index (χ3v) is 4.44. The van der Waals surface area contributed by atoms with Crippen molar-refractivity contribution in [2.24, 2.45) is 0 Å². The number of nitrogens with one attached hydrogen (secondary N) is 1. The maximum Gasteiger partial charge on any atom is 0.251 e. The summed E-state index contributed by atoms with van der Waals surface area (Å²) in [5.74, 6) is -0.0424. The van der Waals surface area contributed by atoms with Crippen LogP contribution in [0, 0.1) is 3.57 Å². The number of aliphatic hydroxyl groups is 1. The molecule has 3 rings (SSSR count). The molecule has 0 radical (unpaired) electrons. The Kier molecular flexibility index (Phi) is 4.26. The molecule has 1 atom stereocenters. The molecule has 0 aliphatic carbocycles. The predicted octanol–water partition coefficient (Wildman–Crippen LogP) is 3.05. The van der Waals surface area contributed by atoms with Gasteiger partial charge in [-0.05, 0) is 70.3 Å². The summed E-state index contributed by atoms with van der Waals surface area (Å²) in [7, 11) is 0. The first kappa shape index (κ1) is 14.5. The quantitative estimate of drug-likeness (QED) is 0.771. The van der Waals surface area contributed by atoms with E-state index in [-0.39, 0.29) is 5.91 Å². The van der Waals surface area contributed by atoms with Gasteiger partial charge in [-0.25, -0.2) is 0 Å². The molecular formula is C17H16INO2. The third kappa shape index (κ3) is 3.11. The summed E-state index contributed by atoms with van der Waals surface area (Å²) < 4.78 is 1.08. The van der Waals surface area contributed by atoms with E-state index in [1.807, 2.05) is 42.5 Å². The van der Waals surface area contributed by atoms with E-state index in [0.29, 0.717) is 12.1 Å². The van der Waals surface area contributed by atoms with Crippen molar-refractivity contribution >= 4 is 28.5 Å². The van der Waals surface area contributed by atoms with Crippen molar-refractivity contribution in [3.05, 3.63) is 68.3 Å². The smallest absolute Gasteiger partial charge is 0.251 e. The van der Waals surface area contributed by atoms with Gasteiger partial charge in [0.1, 0.15) is 6.10 Å². The normalized spacial score (nSPS) is 15.8. The number of fused-ring (bicyclic) bond motifs is 1. The molecule has 0 saturated heterocycles. The lowest BCUT2D eigenvalue weighted by atomic mass is 9.95. The Morgan fingerprint density at radius 1 is 1.14 bits per heavy atom. The Labute approximate surface area is 137 Å². The van der Waals surface area contributed by atoms with E-state index in [1.165, 1.54) is 0 Å². The molecule has 1 unspecified atom stereocenters. The minimum absolute atomic E-state index is 0.0424. The van der Waals surface area contributed by atoms with Crippen LogP contribution in [0.3, 0.4) is 0 Å². The van der Waals surface area contributed by atoms with Gasteiger partial charge in [0.15, 0.2) is 0 Å². The Hall–Kier alpha value is -1.40. The maximum absolute atomic E-state index is 12.1. The summed E-state index contributed by atoms with van der Waals surface area (Å²) in [4.78, 5) is 12.1. The number of carbonyl (C=O) groups excluding carboxylic acids is 1. The van der Waals surface area contributed by atoms with E-state index in [1.54, 1.807) is 0 Å². The molecule has 2 aromatic carbocycles. The number of benzene rings is 2. The molecule has 1 aliphatic heterocycles. The summed E-state index contributed by atoms with van der Waals surface area (Å²) >= 11 is 2.23. The van der Waals surface area contributed by atoms with Gasteiger partial charge < -0.3 is 10.4 Å². The highest BCUT2D eigenvalue weighted by Gasteiger charge is 2.18. The molecule has 4 heteroatoms. The molecule has 1 amide bonds. The molecule has 21 heavy (non-hydrogen) atoms. The van der Waals surface area contributed by atoms with Gasteiger partial charge in [-0.15, -0.1) is 0 Å². The Balaban J connectivity index is 1.98. The fourth-order valence-electron chi connectivity index (χ4n) is 2.64. The van der Waals surface area contributed by atoms with Gasteiger partial charge in [0.25, 0.3) is 5.91 Å². The van der Waals surface area contributed by atoms with Gasteiger partial charge in [-0.1, -0.05) is 24.3 Å². The number of carbonyl (C=O) groups is 1. The van der Waals surface area contributed by atoms with Crippen molar-refractivity contribution in [2.75, 3.05) is 6.54 Å². The molecule has 0 aromatic heterocycles. The fourth-order valence-corrected chi connectivity index (χ4v) is 3.21. The number of aryl methyl sites for hydroxylation is 1. The van der Waals surface area contributed by atoms with Crippen LogP contribution in [0.4, 0.5) is 0 Å². The fraction of sp³-hybridized carbons (Fsp3) is 0.235. The van der Waals surface area contributed by atoms with Crippen molar-refractivity contribution in [3.8, 4) is 0 Å². The minimum Gasteiger partial charge on any atom is -0.384 e. The van der Waals surface area contributed by atoms with E-state index in [2.05, 4.69) is 27.9 Å². The van der Waals surface area contributed by atoms with Gasteiger partial charge in [0, 0.05) is 15.7 Å². The summed E-state index contributed by atoms with van der Waals surface area (Å²) in [5, 5.41) is 13.4. The Morgan fingerprint density at radius 3 is 2.76 bits per heavy atom. The van der Waals surface area contributed by atoms with Gasteiger partial charge >= 0.3 is 0 Å². The molecule has 108 valence electrons. The number of rotatable bonds is 2. The highest BCUT2D eigenvalue weighted by atomic mass is 127. The predicted molar refractivity (Wildman–Crippen MR) is 90.3 cm³/mol. The second kappa shape index (κ2) is 6.15. The van der Waals surface area contributed by atoms with Crippen molar-refractivity contribution in [1.29, 1.82) is 0 Å². The van der Waals surface area contributed by atoms with E-state index in [9.17, 15) is 9.90 Å². The Bertz CT molecular complexity index is 684. The molecular weight excluding hydrogens is 377 g/mol. The summed E-state index contributed by atoms with van der Waals surface area (Å²) in [6, 6.07) is 13.5. The molecule has 1 aliphatic rings. The Morgan fingerprint density at radius 2 is 1.95 bits per heavy atom.